The zero-order valence-corrected chi connectivity index (χ0v) is 19.2. The first-order valence-electron chi connectivity index (χ1n) is 12.4. The van der Waals surface area contributed by atoms with Crippen molar-refractivity contribution in [2.24, 2.45) is 0 Å². The minimum atomic E-state index is 0.428. The summed E-state index contributed by atoms with van der Waals surface area (Å²) in [5, 5.41) is 26.8. The molecule has 1 aliphatic heterocycles. The molecule has 2 saturated carbocycles. The molecule has 2 aliphatic carbocycles. The van der Waals surface area contributed by atoms with Crippen LogP contribution in [0.4, 0.5) is 0 Å². The highest BCUT2D eigenvalue weighted by Gasteiger charge is 2.34. The van der Waals surface area contributed by atoms with E-state index >= 15 is 0 Å². The molecule has 30 heavy (non-hydrogen) atoms. The summed E-state index contributed by atoms with van der Waals surface area (Å²) in [4.78, 5) is 4.90. The lowest BCUT2D eigenvalue weighted by molar-refractivity contribution is 0.0995. The maximum absolute atomic E-state index is 9.47. The van der Waals surface area contributed by atoms with Crippen molar-refractivity contribution in [3.8, 4) is 12.1 Å². The Morgan fingerprint density at radius 2 is 1.07 bits per heavy atom. The molecule has 0 aromatic carbocycles. The molecule has 1 heterocycles. The molecule has 3 fully saturated rings. The van der Waals surface area contributed by atoms with E-state index in [1.54, 1.807) is 0 Å². The van der Waals surface area contributed by atoms with Crippen molar-refractivity contribution in [2.75, 3.05) is 26.2 Å². The number of nitriles is 2. The van der Waals surface area contributed by atoms with Gasteiger partial charge in [-0.15, -0.1) is 0 Å². The van der Waals surface area contributed by atoms with Crippen LogP contribution in [0.5, 0.6) is 0 Å². The van der Waals surface area contributed by atoms with Gasteiger partial charge in [-0.25, -0.2) is 0 Å². The van der Waals surface area contributed by atoms with Crippen molar-refractivity contribution in [3.05, 3.63) is 0 Å². The monoisotopic (exact) mass is 414 g/mol. The topological polar surface area (TPSA) is 78.1 Å². The quantitative estimate of drug-likeness (QED) is 0.676. The second kappa shape index (κ2) is 12.0. The fourth-order valence-corrected chi connectivity index (χ4v) is 6.01. The molecule has 0 aromatic heterocycles. The molecule has 3 rings (SSSR count). The number of nitrogens with one attached hydrogen (secondary N) is 2. The molecule has 4 unspecified atom stereocenters. The first-order valence-corrected chi connectivity index (χ1v) is 12.4. The molecular formula is C24H42N6. The van der Waals surface area contributed by atoms with Gasteiger partial charge < -0.3 is 10.6 Å². The molecular weight excluding hydrogens is 372 g/mol. The van der Waals surface area contributed by atoms with E-state index in [1.807, 2.05) is 0 Å². The molecule has 168 valence electrons. The van der Waals surface area contributed by atoms with Gasteiger partial charge in [0, 0.05) is 49.3 Å². The third kappa shape index (κ3) is 6.41. The number of rotatable bonds is 2. The van der Waals surface area contributed by atoms with Gasteiger partial charge in [0.05, 0.1) is 25.2 Å². The lowest BCUT2D eigenvalue weighted by Gasteiger charge is -2.44. The van der Waals surface area contributed by atoms with Gasteiger partial charge in [0.2, 0.25) is 0 Å². The summed E-state index contributed by atoms with van der Waals surface area (Å²) in [6.07, 6.45) is 12.0. The van der Waals surface area contributed by atoms with E-state index in [1.165, 1.54) is 51.4 Å². The van der Waals surface area contributed by atoms with Gasteiger partial charge in [0.1, 0.15) is 0 Å². The Morgan fingerprint density at radius 1 is 0.667 bits per heavy atom. The average Bonchev–Trinajstić information content (AvgIpc) is 2.74. The molecule has 3 aliphatic rings. The largest absolute Gasteiger partial charge is 0.310 e. The molecule has 0 aromatic rings. The van der Waals surface area contributed by atoms with Crippen molar-refractivity contribution >= 4 is 0 Å². The Bertz CT molecular complexity index is 543. The summed E-state index contributed by atoms with van der Waals surface area (Å²) in [7, 11) is 0. The molecule has 6 atom stereocenters. The normalized spacial score (nSPS) is 37.7. The molecule has 0 bridgehead atoms. The predicted octanol–water partition coefficient (Wildman–Crippen LogP) is 3.01. The van der Waals surface area contributed by atoms with Crippen LogP contribution in [-0.2, 0) is 0 Å². The third-order valence-electron chi connectivity index (χ3n) is 7.64. The van der Waals surface area contributed by atoms with E-state index in [9.17, 15) is 10.5 Å². The highest BCUT2D eigenvalue weighted by atomic mass is 15.2. The number of hydrogen-bond donors (Lipinski definition) is 2. The van der Waals surface area contributed by atoms with Crippen LogP contribution in [0, 0.1) is 22.7 Å². The summed E-state index contributed by atoms with van der Waals surface area (Å²) >= 11 is 0. The van der Waals surface area contributed by atoms with E-state index < -0.39 is 0 Å². The minimum absolute atomic E-state index is 0.428. The SMILES string of the molecule is C[C@@H]1CCN(CC#N)C2CCCCC2N[C@@H](C)CCN(CC#N)C2CCCCC2N1. The molecule has 0 radical (unpaired) electrons. The van der Waals surface area contributed by atoms with Crippen LogP contribution in [0.25, 0.3) is 0 Å². The lowest BCUT2D eigenvalue weighted by Crippen LogP contribution is -2.57. The van der Waals surface area contributed by atoms with Crippen LogP contribution in [0.3, 0.4) is 0 Å². The number of fused-ring (bicyclic) bond motifs is 2. The van der Waals surface area contributed by atoms with E-state index in [0.29, 0.717) is 49.3 Å². The molecule has 0 spiro atoms. The second-order valence-electron chi connectivity index (χ2n) is 9.89. The van der Waals surface area contributed by atoms with Crippen molar-refractivity contribution in [1.29, 1.82) is 10.5 Å². The summed E-state index contributed by atoms with van der Waals surface area (Å²) in [6, 6.07) is 7.61. The van der Waals surface area contributed by atoms with Crippen molar-refractivity contribution < 1.29 is 0 Å². The van der Waals surface area contributed by atoms with Crippen LogP contribution in [0.1, 0.15) is 78.1 Å². The highest BCUT2D eigenvalue weighted by Crippen LogP contribution is 2.27. The van der Waals surface area contributed by atoms with Crippen LogP contribution in [0.2, 0.25) is 0 Å². The second-order valence-corrected chi connectivity index (χ2v) is 9.89. The Labute approximate surface area is 184 Å². The Balaban J connectivity index is 1.78. The van der Waals surface area contributed by atoms with Crippen LogP contribution < -0.4 is 10.6 Å². The summed E-state index contributed by atoms with van der Waals surface area (Å²) in [6.45, 7) is 7.64. The zero-order valence-electron chi connectivity index (χ0n) is 19.2. The molecule has 6 heteroatoms. The van der Waals surface area contributed by atoms with Gasteiger partial charge >= 0.3 is 0 Å². The van der Waals surface area contributed by atoms with Crippen molar-refractivity contribution in [2.45, 2.75) is 114 Å². The van der Waals surface area contributed by atoms with Crippen molar-refractivity contribution in [3.63, 3.8) is 0 Å². The van der Waals surface area contributed by atoms with E-state index in [-0.39, 0.29) is 0 Å². The Kier molecular flexibility index (Phi) is 9.40. The highest BCUT2D eigenvalue weighted by molar-refractivity contribution is 4.96. The van der Waals surface area contributed by atoms with Gasteiger partial charge in [0.15, 0.2) is 0 Å². The fraction of sp³-hybridized carbons (Fsp3) is 0.917. The average molecular weight is 415 g/mol. The molecule has 6 nitrogen and oxygen atoms in total. The minimum Gasteiger partial charge on any atom is -0.310 e. The van der Waals surface area contributed by atoms with Crippen LogP contribution in [0.15, 0.2) is 0 Å². The Morgan fingerprint density at radius 3 is 1.47 bits per heavy atom. The smallest absolute Gasteiger partial charge is 0.0868 e. The van der Waals surface area contributed by atoms with Crippen LogP contribution >= 0.6 is 0 Å². The van der Waals surface area contributed by atoms with E-state index in [2.05, 4.69) is 46.4 Å². The maximum atomic E-state index is 9.47. The number of nitrogens with zero attached hydrogens (tertiary/aromatic N) is 4. The fourth-order valence-electron chi connectivity index (χ4n) is 6.01. The van der Waals surface area contributed by atoms with Gasteiger partial charge in [-0.2, -0.15) is 10.5 Å². The van der Waals surface area contributed by atoms with Gasteiger partial charge in [0.25, 0.3) is 0 Å². The predicted molar refractivity (Wildman–Crippen MR) is 121 cm³/mol. The van der Waals surface area contributed by atoms with Gasteiger partial charge in [-0.05, 0) is 52.4 Å². The first kappa shape index (κ1) is 23.5. The summed E-state index contributed by atoms with van der Waals surface area (Å²) in [5.74, 6) is 0. The van der Waals surface area contributed by atoms with E-state index in [4.69, 9.17) is 0 Å². The molecule has 2 N–H and O–H groups in total. The summed E-state index contributed by atoms with van der Waals surface area (Å²) in [5.41, 5.74) is 0. The van der Waals surface area contributed by atoms with E-state index in [0.717, 1.165) is 25.9 Å². The van der Waals surface area contributed by atoms with Gasteiger partial charge in [-0.3, -0.25) is 9.80 Å². The standard InChI is InChI=1S/C24H42N6/c1-19-11-15-29(17-13-25)24-10-6-4-8-22(24)28-20(2)12-16-30(18-14-26)23-9-5-3-7-21(23)27-19/h19-24,27-28H,3-12,15-18H2,1-2H3/t19-,20+,21?,22?,23?,24?. The molecule has 0 amide bonds. The number of hydrogen-bond acceptors (Lipinski definition) is 6. The zero-order chi connectivity index (χ0) is 21.3. The third-order valence-corrected chi connectivity index (χ3v) is 7.64. The van der Waals surface area contributed by atoms with Gasteiger partial charge in [-0.1, -0.05) is 25.7 Å². The Hall–Kier alpha value is -1.18. The maximum Gasteiger partial charge on any atom is 0.0868 e. The summed E-state index contributed by atoms with van der Waals surface area (Å²) < 4.78 is 0. The molecule has 1 saturated heterocycles. The van der Waals surface area contributed by atoms with Crippen LogP contribution in [-0.4, -0.2) is 72.2 Å². The lowest BCUT2D eigenvalue weighted by atomic mass is 9.87. The van der Waals surface area contributed by atoms with Crippen molar-refractivity contribution in [1.82, 2.24) is 20.4 Å². The first-order chi connectivity index (χ1) is 14.6.